The second-order valence-corrected chi connectivity index (χ2v) is 4.89. The lowest BCUT2D eigenvalue weighted by atomic mass is 10.0. The maximum Gasteiger partial charge on any atom is 0.246 e. The Kier molecular flexibility index (Phi) is 3.72. The SMILES string of the molecule is CC1CN(C)C(=O)C(CN)N1c1cccc(C#N)c1. The van der Waals surface area contributed by atoms with Gasteiger partial charge in [-0.25, -0.2) is 0 Å². The summed E-state index contributed by atoms with van der Waals surface area (Å²) < 4.78 is 0. The Balaban J connectivity index is 2.40. The maximum absolute atomic E-state index is 12.2. The first kappa shape index (κ1) is 13.4. The molecule has 0 bridgehead atoms. The van der Waals surface area contributed by atoms with Gasteiger partial charge >= 0.3 is 0 Å². The molecule has 2 atom stereocenters. The highest BCUT2D eigenvalue weighted by atomic mass is 16.2. The van der Waals surface area contributed by atoms with E-state index in [-0.39, 0.29) is 24.5 Å². The third-order valence-electron chi connectivity index (χ3n) is 3.51. The molecule has 2 unspecified atom stereocenters. The second-order valence-electron chi connectivity index (χ2n) is 4.89. The van der Waals surface area contributed by atoms with E-state index in [1.54, 1.807) is 24.1 Å². The van der Waals surface area contributed by atoms with E-state index >= 15 is 0 Å². The summed E-state index contributed by atoms with van der Waals surface area (Å²) in [5.74, 6) is 0.0305. The van der Waals surface area contributed by atoms with E-state index < -0.39 is 0 Å². The lowest BCUT2D eigenvalue weighted by Gasteiger charge is -2.44. The first-order chi connectivity index (χ1) is 9.08. The molecule has 1 heterocycles. The molecule has 1 aromatic carbocycles. The van der Waals surface area contributed by atoms with Crippen LogP contribution in [0.3, 0.4) is 0 Å². The summed E-state index contributed by atoms with van der Waals surface area (Å²) in [6, 6.07) is 9.24. The van der Waals surface area contributed by atoms with Crippen LogP contribution in [0.25, 0.3) is 0 Å². The molecule has 0 aromatic heterocycles. The molecule has 1 aromatic rings. The molecule has 100 valence electrons. The number of carbonyl (C=O) groups excluding carboxylic acids is 1. The minimum atomic E-state index is -0.359. The molecule has 2 rings (SSSR count). The van der Waals surface area contributed by atoms with Gasteiger partial charge in [0.25, 0.3) is 0 Å². The molecule has 0 spiro atoms. The molecular formula is C14H18N4O. The van der Waals surface area contributed by atoms with Crippen molar-refractivity contribution in [1.29, 1.82) is 5.26 Å². The Morgan fingerprint density at radius 2 is 2.26 bits per heavy atom. The number of nitrogens with two attached hydrogens (primary N) is 1. The van der Waals surface area contributed by atoms with Gasteiger partial charge < -0.3 is 15.5 Å². The molecule has 0 aliphatic carbocycles. The monoisotopic (exact) mass is 258 g/mol. The predicted molar refractivity (Wildman–Crippen MR) is 73.6 cm³/mol. The number of hydrogen-bond acceptors (Lipinski definition) is 4. The van der Waals surface area contributed by atoms with E-state index in [2.05, 4.69) is 13.0 Å². The highest BCUT2D eigenvalue weighted by Crippen LogP contribution is 2.25. The van der Waals surface area contributed by atoms with Crippen LogP contribution in [-0.2, 0) is 4.79 Å². The molecule has 1 aliphatic rings. The number of amides is 1. The van der Waals surface area contributed by atoms with E-state index in [1.807, 2.05) is 17.0 Å². The third-order valence-corrected chi connectivity index (χ3v) is 3.51. The fourth-order valence-corrected chi connectivity index (χ4v) is 2.64. The van der Waals surface area contributed by atoms with Gasteiger partial charge in [0, 0.05) is 31.9 Å². The topological polar surface area (TPSA) is 73.4 Å². The van der Waals surface area contributed by atoms with Crippen molar-refractivity contribution in [3.63, 3.8) is 0 Å². The predicted octanol–water partition coefficient (Wildman–Crippen LogP) is 0.552. The van der Waals surface area contributed by atoms with E-state index in [0.717, 1.165) is 5.69 Å². The maximum atomic E-state index is 12.2. The Morgan fingerprint density at radius 3 is 2.89 bits per heavy atom. The number of rotatable bonds is 2. The number of carbonyl (C=O) groups is 1. The van der Waals surface area contributed by atoms with E-state index in [0.29, 0.717) is 12.1 Å². The van der Waals surface area contributed by atoms with Gasteiger partial charge in [0.15, 0.2) is 0 Å². The third kappa shape index (κ3) is 2.40. The van der Waals surface area contributed by atoms with Crippen molar-refractivity contribution >= 4 is 11.6 Å². The summed E-state index contributed by atoms with van der Waals surface area (Å²) in [5.41, 5.74) is 7.23. The van der Waals surface area contributed by atoms with E-state index in [4.69, 9.17) is 11.0 Å². The average molecular weight is 258 g/mol. The summed E-state index contributed by atoms with van der Waals surface area (Å²) in [5, 5.41) is 8.98. The highest BCUT2D eigenvalue weighted by Gasteiger charge is 2.36. The van der Waals surface area contributed by atoms with Crippen molar-refractivity contribution in [2.45, 2.75) is 19.0 Å². The van der Waals surface area contributed by atoms with Gasteiger partial charge in [0.05, 0.1) is 11.6 Å². The Bertz CT molecular complexity index is 522. The van der Waals surface area contributed by atoms with Crippen molar-refractivity contribution in [3.05, 3.63) is 29.8 Å². The Morgan fingerprint density at radius 1 is 1.53 bits per heavy atom. The molecule has 19 heavy (non-hydrogen) atoms. The molecule has 1 saturated heterocycles. The quantitative estimate of drug-likeness (QED) is 0.841. The molecule has 5 heteroatoms. The largest absolute Gasteiger partial charge is 0.354 e. The minimum Gasteiger partial charge on any atom is -0.354 e. The number of hydrogen-bond donors (Lipinski definition) is 1. The van der Waals surface area contributed by atoms with Gasteiger partial charge in [-0.1, -0.05) is 6.07 Å². The van der Waals surface area contributed by atoms with Gasteiger partial charge in [0.2, 0.25) is 5.91 Å². The molecule has 0 radical (unpaired) electrons. The van der Waals surface area contributed by atoms with Crippen LogP contribution in [0.4, 0.5) is 5.69 Å². The van der Waals surface area contributed by atoms with Crippen molar-refractivity contribution in [3.8, 4) is 6.07 Å². The minimum absolute atomic E-state index is 0.0305. The van der Waals surface area contributed by atoms with Gasteiger partial charge in [-0.15, -0.1) is 0 Å². The summed E-state index contributed by atoms with van der Waals surface area (Å²) in [7, 11) is 1.80. The van der Waals surface area contributed by atoms with Crippen molar-refractivity contribution in [2.75, 3.05) is 25.0 Å². The van der Waals surface area contributed by atoms with Crippen LogP contribution in [0, 0.1) is 11.3 Å². The molecule has 1 aliphatic heterocycles. The van der Waals surface area contributed by atoms with Crippen molar-refractivity contribution in [1.82, 2.24) is 4.90 Å². The summed E-state index contributed by atoms with van der Waals surface area (Å²) >= 11 is 0. The van der Waals surface area contributed by atoms with Crippen LogP contribution in [0.5, 0.6) is 0 Å². The Labute approximate surface area is 113 Å². The van der Waals surface area contributed by atoms with Gasteiger partial charge in [-0.2, -0.15) is 5.26 Å². The van der Waals surface area contributed by atoms with Crippen LogP contribution in [-0.4, -0.2) is 43.0 Å². The van der Waals surface area contributed by atoms with Crippen LogP contribution < -0.4 is 10.6 Å². The number of nitrogens with zero attached hydrogens (tertiary/aromatic N) is 3. The lowest BCUT2D eigenvalue weighted by Crippen LogP contribution is -2.62. The molecular weight excluding hydrogens is 240 g/mol. The number of anilines is 1. The first-order valence-electron chi connectivity index (χ1n) is 6.32. The second kappa shape index (κ2) is 5.29. The number of nitriles is 1. The molecule has 5 nitrogen and oxygen atoms in total. The van der Waals surface area contributed by atoms with E-state index in [9.17, 15) is 4.79 Å². The van der Waals surface area contributed by atoms with Crippen LogP contribution in [0.2, 0.25) is 0 Å². The van der Waals surface area contributed by atoms with Gasteiger partial charge in [-0.3, -0.25) is 4.79 Å². The van der Waals surface area contributed by atoms with Crippen molar-refractivity contribution < 1.29 is 4.79 Å². The molecule has 1 fully saturated rings. The summed E-state index contributed by atoms with van der Waals surface area (Å²) in [6.07, 6.45) is 0. The van der Waals surface area contributed by atoms with Crippen LogP contribution in [0.1, 0.15) is 12.5 Å². The fourth-order valence-electron chi connectivity index (χ4n) is 2.64. The zero-order valence-corrected chi connectivity index (χ0v) is 11.2. The highest BCUT2D eigenvalue weighted by molar-refractivity contribution is 5.87. The number of likely N-dealkylation sites (N-methyl/N-ethyl adjacent to an activating group) is 1. The molecule has 2 N–H and O–H groups in total. The standard InChI is InChI=1S/C14H18N4O/c1-10-9-17(2)14(19)13(8-16)18(10)12-5-3-4-11(6-12)7-15/h3-6,10,13H,8-9,16H2,1-2H3. The van der Waals surface area contributed by atoms with Gasteiger partial charge in [0.1, 0.15) is 6.04 Å². The zero-order valence-electron chi connectivity index (χ0n) is 11.2. The lowest BCUT2D eigenvalue weighted by molar-refractivity contribution is -0.133. The smallest absolute Gasteiger partial charge is 0.246 e. The van der Waals surface area contributed by atoms with Gasteiger partial charge in [-0.05, 0) is 25.1 Å². The van der Waals surface area contributed by atoms with E-state index in [1.165, 1.54) is 0 Å². The number of benzene rings is 1. The summed E-state index contributed by atoms with van der Waals surface area (Å²) in [6.45, 7) is 2.99. The molecule has 0 saturated carbocycles. The number of piperazine rings is 1. The Hall–Kier alpha value is -2.06. The normalized spacial score (nSPS) is 23.4. The van der Waals surface area contributed by atoms with Crippen molar-refractivity contribution in [2.24, 2.45) is 5.73 Å². The average Bonchev–Trinajstić information content (AvgIpc) is 2.42. The molecule has 1 amide bonds. The zero-order chi connectivity index (χ0) is 14.0. The fraction of sp³-hybridized carbons (Fsp3) is 0.429. The first-order valence-corrected chi connectivity index (χ1v) is 6.32. The summed E-state index contributed by atoms with van der Waals surface area (Å²) in [4.78, 5) is 15.9. The van der Waals surface area contributed by atoms with Crippen LogP contribution >= 0.6 is 0 Å². The van der Waals surface area contributed by atoms with Crippen LogP contribution in [0.15, 0.2) is 24.3 Å².